The van der Waals surface area contributed by atoms with Crippen LogP contribution in [0.1, 0.15) is 51.8 Å². The molecule has 0 aliphatic rings. The van der Waals surface area contributed by atoms with Crippen LogP contribution < -0.4 is 4.74 Å². The Hall–Kier alpha value is -3.14. The van der Waals surface area contributed by atoms with E-state index < -0.39 is 0 Å². The van der Waals surface area contributed by atoms with Crippen molar-refractivity contribution >= 4 is 0 Å². The summed E-state index contributed by atoms with van der Waals surface area (Å²) in [4.78, 5) is 0. The number of rotatable bonds is 5. The summed E-state index contributed by atoms with van der Waals surface area (Å²) in [5.41, 5.74) is 6.77. The average molecular weight is 392 g/mol. The first kappa shape index (κ1) is 20.6. The third-order valence-electron chi connectivity index (χ3n) is 5.84. The van der Waals surface area contributed by atoms with Crippen LogP contribution in [0.15, 0.2) is 42.5 Å². The molecule has 3 aromatic rings. The Morgan fingerprint density at radius 2 is 1.17 bits per heavy atom. The molecule has 0 fully saturated rings. The average Bonchev–Trinajstić information content (AvgIpc) is 2.70. The maximum absolute atomic E-state index is 10.2. The zero-order valence-corrected chi connectivity index (χ0v) is 17.6. The molecule has 4 nitrogen and oxygen atoms in total. The lowest BCUT2D eigenvalue weighted by atomic mass is 9.79. The summed E-state index contributed by atoms with van der Waals surface area (Å²) < 4.78 is 5.62. The number of aromatic hydroxyl groups is 3. The largest absolute Gasteiger partial charge is 0.508 e. The molecule has 0 spiro atoms. The molecule has 0 heterocycles. The summed E-state index contributed by atoms with van der Waals surface area (Å²) in [6.45, 7) is 10.2. The summed E-state index contributed by atoms with van der Waals surface area (Å²) in [6.07, 6.45) is 0. The zero-order valence-electron chi connectivity index (χ0n) is 17.6. The molecule has 0 aromatic heterocycles. The van der Waals surface area contributed by atoms with E-state index in [1.54, 1.807) is 18.2 Å². The van der Waals surface area contributed by atoms with E-state index in [1.165, 1.54) is 0 Å². The number of phenolic OH excluding ortho intramolecular Hbond substituents is 3. The first-order valence-electron chi connectivity index (χ1n) is 9.80. The maximum Gasteiger partial charge on any atom is 0.161 e. The fraction of sp³-hybridized carbons (Fsp3) is 0.280. The van der Waals surface area contributed by atoms with Crippen LogP contribution in [0, 0.1) is 27.7 Å². The van der Waals surface area contributed by atoms with Crippen LogP contribution in [0.2, 0.25) is 0 Å². The van der Waals surface area contributed by atoms with Gasteiger partial charge in [0.05, 0.1) is 6.61 Å². The molecule has 152 valence electrons. The third-order valence-corrected chi connectivity index (χ3v) is 5.84. The standard InChI is InChI=1S/C25H28O4/c1-6-29-24-13-18(7-10-23(24)28)25(19-8-11-21(26)16(4)14(19)2)20-9-12-22(27)17(5)15(20)3/h7-13,25-28H,6H2,1-5H3. The summed E-state index contributed by atoms with van der Waals surface area (Å²) >= 11 is 0. The van der Waals surface area contributed by atoms with Crippen molar-refractivity contribution in [2.45, 2.75) is 40.5 Å². The van der Waals surface area contributed by atoms with Crippen LogP contribution in [0.4, 0.5) is 0 Å². The highest BCUT2D eigenvalue weighted by molar-refractivity contribution is 5.57. The van der Waals surface area contributed by atoms with Crippen LogP contribution in [0.5, 0.6) is 23.0 Å². The minimum atomic E-state index is -0.145. The van der Waals surface area contributed by atoms with Crippen LogP contribution in [0.25, 0.3) is 0 Å². The summed E-state index contributed by atoms with van der Waals surface area (Å²) in [5, 5.41) is 30.5. The molecule has 0 radical (unpaired) electrons. The van der Waals surface area contributed by atoms with Crippen molar-refractivity contribution in [3.05, 3.63) is 81.4 Å². The Bertz CT molecular complexity index is 996. The second-order valence-electron chi connectivity index (χ2n) is 7.44. The van der Waals surface area contributed by atoms with Gasteiger partial charge in [0.1, 0.15) is 11.5 Å². The van der Waals surface area contributed by atoms with Crippen LogP contribution in [-0.4, -0.2) is 21.9 Å². The van der Waals surface area contributed by atoms with Gasteiger partial charge in [-0.3, -0.25) is 0 Å². The molecule has 0 saturated heterocycles. The molecule has 3 aromatic carbocycles. The minimum Gasteiger partial charge on any atom is -0.508 e. The number of hydrogen-bond acceptors (Lipinski definition) is 4. The molecule has 0 atom stereocenters. The van der Waals surface area contributed by atoms with Crippen molar-refractivity contribution in [2.24, 2.45) is 0 Å². The van der Waals surface area contributed by atoms with E-state index in [0.29, 0.717) is 12.4 Å². The molecule has 29 heavy (non-hydrogen) atoms. The molecule has 3 N–H and O–H groups in total. The molecule has 0 aliphatic carbocycles. The number of ether oxygens (including phenoxy) is 1. The molecular weight excluding hydrogens is 364 g/mol. The highest BCUT2D eigenvalue weighted by Crippen LogP contribution is 2.42. The van der Waals surface area contributed by atoms with E-state index in [-0.39, 0.29) is 23.2 Å². The van der Waals surface area contributed by atoms with Gasteiger partial charge >= 0.3 is 0 Å². The Kier molecular flexibility index (Phi) is 5.73. The van der Waals surface area contributed by atoms with Crippen molar-refractivity contribution in [2.75, 3.05) is 6.61 Å². The van der Waals surface area contributed by atoms with Gasteiger partial charge in [-0.15, -0.1) is 0 Å². The fourth-order valence-electron chi connectivity index (χ4n) is 3.79. The summed E-state index contributed by atoms with van der Waals surface area (Å²) in [5.74, 6) is 0.935. The van der Waals surface area contributed by atoms with Gasteiger partial charge in [-0.2, -0.15) is 0 Å². The molecular formula is C25H28O4. The predicted octanol–water partition coefficient (Wildman–Crippen LogP) is 5.62. The molecule has 0 unspecified atom stereocenters. The Morgan fingerprint density at radius 3 is 1.66 bits per heavy atom. The first-order chi connectivity index (χ1) is 13.8. The topological polar surface area (TPSA) is 69.9 Å². The monoisotopic (exact) mass is 392 g/mol. The van der Waals surface area contributed by atoms with Crippen molar-refractivity contribution in [3.63, 3.8) is 0 Å². The molecule has 0 aliphatic heterocycles. The van der Waals surface area contributed by atoms with Crippen molar-refractivity contribution in [3.8, 4) is 23.0 Å². The lowest BCUT2D eigenvalue weighted by Crippen LogP contribution is -2.09. The van der Waals surface area contributed by atoms with E-state index >= 15 is 0 Å². The number of benzene rings is 3. The highest BCUT2D eigenvalue weighted by atomic mass is 16.5. The van der Waals surface area contributed by atoms with Gasteiger partial charge in [0.25, 0.3) is 0 Å². The van der Waals surface area contributed by atoms with Gasteiger partial charge in [-0.25, -0.2) is 0 Å². The number of hydrogen-bond donors (Lipinski definition) is 3. The second kappa shape index (κ2) is 8.08. The normalized spacial score (nSPS) is 11.1. The minimum absolute atomic E-state index is 0.103. The van der Waals surface area contributed by atoms with Gasteiger partial charge in [0.15, 0.2) is 11.5 Å². The zero-order chi connectivity index (χ0) is 21.3. The van der Waals surface area contributed by atoms with E-state index in [0.717, 1.165) is 38.9 Å². The molecule has 0 amide bonds. The van der Waals surface area contributed by atoms with Crippen LogP contribution in [-0.2, 0) is 0 Å². The van der Waals surface area contributed by atoms with Crippen molar-refractivity contribution in [1.29, 1.82) is 0 Å². The SMILES string of the molecule is CCOc1cc(C(c2ccc(O)c(C)c2C)c2ccc(O)c(C)c2C)ccc1O. The van der Waals surface area contributed by atoms with Gasteiger partial charge in [0.2, 0.25) is 0 Å². The number of phenols is 3. The highest BCUT2D eigenvalue weighted by Gasteiger charge is 2.24. The van der Waals surface area contributed by atoms with Crippen LogP contribution in [0.3, 0.4) is 0 Å². The van der Waals surface area contributed by atoms with Gasteiger partial charge in [0, 0.05) is 5.92 Å². The lowest BCUT2D eigenvalue weighted by Gasteiger charge is -2.25. The summed E-state index contributed by atoms with van der Waals surface area (Å²) in [7, 11) is 0. The predicted molar refractivity (Wildman–Crippen MR) is 115 cm³/mol. The first-order valence-corrected chi connectivity index (χ1v) is 9.80. The van der Waals surface area contributed by atoms with Crippen molar-refractivity contribution < 1.29 is 20.1 Å². The lowest BCUT2D eigenvalue weighted by molar-refractivity contribution is 0.317. The maximum atomic E-state index is 10.2. The van der Waals surface area contributed by atoms with E-state index in [2.05, 4.69) is 0 Å². The van der Waals surface area contributed by atoms with Gasteiger partial charge < -0.3 is 20.1 Å². The van der Waals surface area contributed by atoms with E-state index in [4.69, 9.17) is 4.74 Å². The third kappa shape index (κ3) is 3.75. The van der Waals surface area contributed by atoms with Crippen LogP contribution >= 0.6 is 0 Å². The Morgan fingerprint density at radius 1 is 0.690 bits per heavy atom. The quantitative estimate of drug-likeness (QED) is 0.493. The van der Waals surface area contributed by atoms with E-state index in [1.807, 2.05) is 58.9 Å². The van der Waals surface area contributed by atoms with Gasteiger partial charge in [-0.1, -0.05) is 18.2 Å². The molecule has 0 bridgehead atoms. The summed E-state index contributed by atoms with van der Waals surface area (Å²) in [6, 6.07) is 12.7. The molecule has 3 rings (SSSR count). The van der Waals surface area contributed by atoms with Gasteiger partial charge in [-0.05, 0) is 97.8 Å². The molecule has 4 heteroatoms. The smallest absolute Gasteiger partial charge is 0.161 e. The molecule has 0 saturated carbocycles. The fourth-order valence-corrected chi connectivity index (χ4v) is 3.79. The van der Waals surface area contributed by atoms with E-state index in [9.17, 15) is 15.3 Å². The Labute approximate surface area is 172 Å². The van der Waals surface area contributed by atoms with Crippen molar-refractivity contribution in [1.82, 2.24) is 0 Å². The Balaban J connectivity index is 2.31. The second-order valence-corrected chi connectivity index (χ2v) is 7.44.